The summed E-state index contributed by atoms with van der Waals surface area (Å²) in [7, 11) is 0. The Morgan fingerprint density at radius 3 is 2.47 bits per heavy atom. The summed E-state index contributed by atoms with van der Waals surface area (Å²) in [6.07, 6.45) is 0.187. The molecule has 1 unspecified atom stereocenters. The van der Waals surface area contributed by atoms with E-state index in [-0.39, 0.29) is 22.1 Å². The van der Waals surface area contributed by atoms with Gasteiger partial charge >= 0.3 is 0 Å². The Kier molecular flexibility index (Phi) is 8.04. The van der Waals surface area contributed by atoms with Crippen LogP contribution in [0.4, 0.5) is 10.8 Å². The van der Waals surface area contributed by atoms with Gasteiger partial charge in [-0.25, -0.2) is 0 Å². The van der Waals surface area contributed by atoms with Gasteiger partial charge in [0.2, 0.25) is 11.0 Å². The number of aromatic nitrogens is 2. The molecule has 3 aromatic carbocycles. The summed E-state index contributed by atoms with van der Waals surface area (Å²) in [5.74, 6) is -1.16. The van der Waals surface area contributed by atoms with Gasteiger partial charge in [0, 0.05) is 28.1 Å². The fourth-order valence-corrected chi connectivity index (χ4v) is 4.47. The van der Waals surface area contributed by atoms with Crippen molar-refractivity contribution >= 4 is 61.5 Å². The number of benzene rings is 3. The number of carbonyl (C=O) groups is 2. The summed E-state index contributed by atoms with van der Waals surface area (Å²) in [4.78, 5) is 36.6. The van der Waals surface area contributed by atoms with E-state index >= 15 is 0 Å². The van der Waals surface area contributed by atoms with Crippen LogP contribution in [0.5, 0.6) is 0 Å². The van der Waals surface area contributed by atoms with Crippen molar-refractivity contribution in [2.75, 3.05) is 5.32 Å². The molecule has 36 heavy (non-hydrogen) atoms. The average Bonchev–Trinajstić information content (AvgIpc) is 3.33. The molecule has 1 heterocycles. The Morgan fingerprint density at radius 2 is 1.78 bits per heavy atom. The maximum Gasteiger partial charge on any atom is 0.288 e. The number of rotatable bonds is 8. The Balaban J connectivity index is 1.54. The molecule has 1 atom stereocenters. The van der Waals surface area contributed by atoms with Crippen molar-refractivity contribution in [1.29, 1.82) is 0 Å². The molecule has 0 saturated carbocycles. The molecule has 12 heteroatoms. The summed E-state index contributed by atoms with van der Waals surface area (Å²) >= 11 is 10.4. The molecule has 0 aliphatic heterocycles. The van der Waals surface area contributed by atoms with Gasteiger partial charge in [0.15, 0.2) is 0 Å². The topological polar surface area (TPSA) is 127 Å². The number of hydrogen-bond acceptors (Lipinski definition) is 7. The number of amides is 2. The monoisotopic (exact) mass is 585 g/mol. The molecule has 0 saturated heterocycles. The van der Waals surface area contributed by atoms with E-state index in [1.807, 2.05) is 54.6 Å². The molecule has 4 rings (SSSR count). The number of nitro benzene ring substituents is 1. The molecular weight excluding hydrogens is 570 g/mol. The Morgan fingerprint density at radius 1 is 1.06 bits per heavy atom. The van der Waals surface area contributed by atoms with E-state index < -0.39 is 28.5 Å². The van der Waals surface area contributed by atoms with E-state index in [1.165, 1.54) is 23.5 Å². The molecule has 4 aromatic rings. The number of carbonyl (C=O) groups excluding carboxylic acids is 2. The van der Waals surface area contributed by atoms with Gasteiger partial charge in [-0.1, -0.05) is 81.3 Å². The number of nitrogens with one attached hydrogen (secondary N) is 2. The first-order valence-electron chi connectivity index (χ1n) is 10.5. The summed E-state index contributed by atoms with van der Waals surface area (Å²) < 4.78 is 0.926. The van der Waals surface area contributed by atoms with Gasteiger partial charge < -0.3 is 5.32 Å². The minimum Gasteiger partial charge on any atom is -0.340 e. The van der Waals surface area contributed by atoms with Crippen LogP contribution in [0.1, 0.15) is 15.9 Å². The first-order chi connectivity index (χ1) is 17.3. The summed E-state index contributed by atoms with van der Waals surface area (Å²) in [6, 6.07) is 19.4. The van der Waals surface area contributed by atoms with Crippen LogP contribution in [-0.2, 0) is 11.2 Å². The normalized spacial score (nSPS) is 11.5. The van der Waals surface area contributed by atoms with Gasteiger partial charge in [-0.15, -0.1) is 10.2 Å². The lowest BCUT2D eigenvalue weighted by atomic mass is 10.0. The third kappa shape index (κ3) is 6.30. The molecule has 1 aromatic heterocycles. The van der Waals surface area contributed by atoms with Crippen LogP contribution in [0.3, 0.4) is 0 Å². The highest BCUT2D eigenvalue weighted by molar-refractivity contribution is 9.10. The SMILES string of the molecule is O=C(NC(Cc1ccccc1)C(=O)Nc1nnc(-c2ccc(Br)cc2)s1)c1ccc(Cl)c([N+](=O)[O-])c1. The molecule has 0 bridgehead atoms. The van der Waals surface area contributed by atoms with E-state index in [0.717, 1.165) is 21.7 Å². The molecule has 0 radical (unpaired) electrons. The van der Waals surface area contributed by atoms with E-state index in [9.17, 15) is 19.7 Å². The van der Waals surface area contributed by atoms with E-state index in [4.69, 9.17) is 11.6 Å². The second-order valence-electron chi connectivity index (χ2n) is 7.55. The van der Waals surface area contributed by atoms with Crippen molar-refractivity contribution in [2.45, 2.75) is 12.5 Å². The summed E-state index contributed by atoms with van der Waals surface area (Å²) in [5.41, 5.74) is 1.26. The molecule has 2 N–H and O–H groups in total. The van der Waals surface area contributed by atoms with Gasteiger partial charge in [-0.05, 0) is 29.8 Å². The Bertz CT molecular complexity index is 1420. The molecular formula is C24H17BrClN5O4S. The van der Waals surface area contributed by atoms with Crippen molar-refractivity contribution in [2.24, 2.45) is 0 Å². The smallest absolute Gasteiger partial charge is 0.288 e. The van der Waals surface area contributed by atoms with Crippen LogP contribution in [0.25, 0.3) is 10.6 Å². The van der Waals surface area contributed by atoms with Crippen LogP contribution in [0, 0.1) is 10.1 Å². The lowest BCUT2D eigenvalue weighted by molar-refractivity contribution is -0.384. The van der Waals surface area contributed by atoms with Crippen molar-refractivity contribution < 1.29 is 14.5 Å². The van der Waals surface area contributed by atoms with E-state index in [0.29, 0.717) is 5.01 Å². The van der Waals surface area contributed by atoms with Crippen LogP contribution in [0.2, 0.25) is 5.02 Å². The lowest BCUT2D eigenvalue weighted by Crippen LogP contribution is -2.45. The first-order valence-corrected chi connectivity index (χ1v) is 12.5. The highest BCUT2D eigenvalue weighted by Gasteiger charge is 2.25. The number of hydrogen-bond donors (Lipinski definition) is 2. The highest BCUT2D eigenvalue weighted by atomic mass is 79.9. The predicted molar refractivity (Wildman–Crippen MR) is 141 cm³/mol. The van der Waals surface area contributed by atoms with Gasteiger partial charge in [-0.3, -0.25) is 25.0 Å². The first kappa shape index (κ1) is 25.4. The standard InChI is InChI=1S/C24H17BrClN5O4S/c25-17-9-6-15(7-10-17)23-29-30-24(36-23)28-22(33)19(12-14-4-2-1-3-5-14)27-21(32)16-8-11-18(26)20(13-16)31(34)35/h1-11,13,19H,12H2,(H,27,32)(H,28,30,33). The zero-order chi connectivity index (χ0) is 25.7. The van der Waals surface area contributed by atoms with Crippen molar-refractivity contribution in [3.05, 3.63) is 104 Å². The minimum absolute atomic E-state index is 0.00500. The number of nitro groups is 1. The number of anilines is 1. The van der Waals surface area contributed by atoms with Gasteiger partial charge in [0.05, 0.1) is 4.92 Å². The zero-order valence-electron chi connectivity index (χ0n) is 18.4. The third-order valence-corrected chi connectivity index (χ3v) is 6.79. The van der Waals surface area contributed by atoms with Crippen molar-refractivity contribution in [3.8, 4) is 10.6 Å². The quantitative estimate of drug-likeness (QED) is 0.207. The van der Waals surface area contributed by atoms with Crippen LogP contribution in [0.15, 0.2) is 77.3 Å². The maximum atomic E-state index is 13.2. The van der Waals surface area contributed by atoms with Gasteiger partial charge in [0.1, 0.15) is 16.1 Å². The average molecular weight is 587 g/mol. The van der Waals surface area contributed by atoms with Crippen LogP contribution in [-0.4, -0.2) is 33.0 Å². The van der Waals surface area contributed by atoms with Gasteiger partial charge in [-0.2, -0.15) is 0 Å². The number of halogens is 2. The van der Waals surface area contributed by atoms with Crippen molar-refractivity contribution in [1.82, 2.24) is 15.5 Å². The zero-order valence-corrected chi connectivity index (χ0v) is 21.5. The number of nitrogens with zero attached hydrogens (tertiary/aromatic N) is 3. The van der Waals surface area contributed by atoms with Gasteiger partial charge in [0.25, 0.3) is 11.6 Å². The summed E-state index contributed by atoms with van der Waals surface area (Å²) in [6.45, 7) is 0. The van der Waals surface area contributed by atoms with Crippen molar-refractivity contribution in [3.63, 3.8) is 0 Å². The molecule has 182 valence electrons. The van der Waals surface area contributed by atoms with E-state index in [1.54, 1.807) is 0 Å². The minimum atomic E-state index is -0.991. The molecule has 2 amide bonds. The Hall–Kier alpha value is -3.67. The summed E-state index contributed by atoms with van der Waals surface area (Å²) in [5, 5.41) is 25.6. The highest BCUT2D eigenvalue weighted by Crippen LogP contribution is 2.28. The Labute approximate surface area is 222 Å². The fourth-order valence-electron chi connectivity index (χ4n) is 3.27. The second-order valence-corrected chi connectivity index (χ2v) is 9.85. The molecule has 0 aliphatic rings. The molecule has 9 nitrogen and oxygen atoms in total. The maximum absolute atomic E-state index is 13.2. The molecule has 0 spiro atoms. The largest absolute Gasteiger partial charge is 0.340 e. The second kappa shape index (κ2) is 11.4. The predicted octanol–water partition coefficient (Wildman–Crippen LogP) is 5.51. The van der Waals surface area contributed by atoms with Crippen LogP contribution >= 0.6 is 38.9 Å². The third-order valence-electron chi connectivity index (χ3n) is 5.06. The fraction of sp³-hybridized carbons (Fsp3) is 0.0833. The molecule has 0 fully saturated rings. The van der Waals surface area contributed by atoms with Crippen LogP contribution < -0.4 is 10.6 Å². The van der Waals surface area contributed by atoms with E-state index in [2.05, 4.69) is 36.8 Å². The lowest BCUT2D eigenvalue weighted by Gasteiger charge is -2.18. The molecule has 0 aliphatic carbocycles.